The Bertz CT molecular complexity index is 672. The number of aromatic amines is 1. The second kappa shape index (κ2) is 5.61. The molecule has 0 aliphatic carbocycles. The van der Waals surface area contributed by atoms with E-state index >= 15 is 0 Å². The normalized spacial score (nSPS) is 10.4. The van der Waals surface area contributed by atoms with Gasteiger partial charge in [0.1, 0.15) is 5.75 Å². The molecule has 1 heterocycles. The highest BCUT2D eigenvalue weighted by Gasteiger charge is 2.04. The highest BCUT2D eigenvalue weighted by Crippen LogP contribution is 2.19. The van der Waals surface area contributed by atoms with E-state index in [-0.39, 0.29) is 0 Å². The third-order valence-corrected chi connectivity index (χ3v) is 3.26. The van der Waals surface area contributed by atoms with Gasteiger partial charge in [-0.15, -0.1) is 0 Å². The van der Waals surface area contributed by atoms with Crippen molar-refractivity contribution in [2.24, 2.45) is 0 Å². The molecule has 20 heavy (non-hydrogen) atoms. The summed E-state index contributed by atoms with van der Waals surface area (Å²) < 4.78 is 5.16. The van der Waals surface area contributed by atoms with Gasteiger partial charge < -0.3 is 4.74 Å². The zero-order valence-corrected chi connectivity index (χ0v) is 11.3. The summed E-state index contributed by atoms with van der Waals surface area (Å²) in [6.07, 6.45) is 0.813. The maximum absolute atomic E-state index is 5.16. The lowest BCUT2D eigenvalue weighted by Crippen LogP contribution is -1.89. The minimum Gasteiger partial charge on any atom is -0.497 e. The van der Waals surface area contributed by atoms with Gasteiger partial charge in [-0.25, -0.2) is 0 Å². The summed E-state index contributed by atoms with van der Waals surface area (Å²) in [5, 5.41) is 7.46. The molecule has 0 aliphatic heterocycles. The molecule has 0 saturated heterocycles. The fourth-order valence-corrected chi connectivity index (χ4v) is 2.17. The van der Waals surface area contributed by atoms with Crippen LogP contribution in [0.25, 0.3) is 11.3 Å². The Labute approximate surface area is 118 Å². The van der Waals surface area contributed by atoms with E-state index < -0.39 is 0 Å². The second-order valence-electron chi connectivity index (χ2n) is 4.66. The van der Waals surface area contributed by atoms with Crippen LogP contribution in [0.4, 0.5) is 0 Å². The number of methoxy groups -OCH3 is 1. The van der Waals surface area contributed by atoms with Crippen LogP contribution in [0.3, 0.4) is 0 Å². The lowest BCUT2D eigenvalue weighted by molar-refractivity contribution is 0.414. The number of rotatable bonds is 4. The lowest BCUT2D eigenvalue weighted by atomic mass is 10.1. The zero-order valence-electron chi connectivity index (χ0n) is 11.3. The van der Waals surface area contributed by atoms with Gasteiger partial charge >= 0.3 is 0 Å². The summed E-state index contributed by atoms with van der Waals surface area (Å²) in [6, 6.07) is 20.4. The highest BCUT2D eigenvalue weighted by atomic mass is 16.5. The summed E-state index contributed by atoms with van der Waals surface area (Å²) in [7, 11) is 1.68. The molecule has 2 aromatic carbocycles. The Hall–Kier alpha value is -2.55. The van der Waals surface area contributed by atoms with Crippen LogP contribution in [-0.4, -0.2) is 17.3 Å². The predicted molar refractivity (Wildman–Crippen MR) is 79.8 cm³/mol. The molecule has 1 N–H and O–H groups in total. The molecule has 3 aromatic rings. The van der Waals surface area contributed by atoms with Crippen LogP contribution >= 0.6 is 0 Å². The standard InChI is InChI=1S/C17H16N2O/c1-20-16-9-7-13(8-10-16)11-15-12-17(19-18-15)14-5-3-2-4-6-14/h2-10,12H,11H2,1H3,(H,18,19). The van der Waals surface area contributed by atoms with Crippen molar-refractivity contribution < 1.29 is 4.74 Å². The first-order chi connectivity index (χ1) is 9.85. The van der Waals surface area contributed by atoms with Gasteiger partial charge in [-0.2, -0.15) is 5.10 Å². The van der Waals surface area contributed by atoms with Gasteiger partial charge in [-0.3, -0.25) is 5.10 Å². The Morgan fingerprint density at radius 2 is 1.75 bits per heavy atom. The Kier molecular flexibility index (Phi) is 3.50. The van der Waals surface area contributed by atoms with Crippen molar-refractivity contribution in [3.63, 3.8) is 0 Å². The van der Waals surface area contributed by atoms with Crippen LogP contribution in [-0.2, 0) is 6.42 Å². The largest absolute Gasteiger partial charge is 0.497 e. The average Bonchev–Trinajstić information content (AvgIpc) is 2.97. The fourth-order valence-electron chi connectivity index (χ4n) is 2.17. The van der Waals surface area contributed by atoms with Crippen LogP contribution in [0.2, 0.25) is 0 Å². The number of nitrogens with zero attached hydrogens (tertiary/aromatic N) is 1. The molecule has 3 heteroatoms. The molecule has 0 fully saturated rings. The lowest BCUT2D eigenvalue weighted by Gasteiger charge is -2.01. The molecule has 0 bridgehead atoms. The van der Waals surface area contributed by atoms with E-state index in [0.717, 1.165) is 29.1 Å². The maximum atomic E-state index is 5.16. The van der Waals surface area contributed by atoms with Gasteiger partial charge in [0.05, 0.1) is 18.5 Å². The average molecular weight is 264 g/mol. The van der Waals surface area contributed by atoms with E-state index in [4.69, 9.17) is 4.74 Å². The van der Waals surface area contributed by atoms with Crippen molar-refractivity contribution >= 4 is 0 Å². The van der Waals surface area contributed by atoms with E-state index in [9.17, 15) is 0 Å². The zero-order chi connectivity index (χ0) is 13.8. The molecule has 0 spiro atoms. The summed E-state index contributed by atoms with van der Waals surface area (Å²) in [6.45, 7) is 0. The number of hydrogen-bond donors (Lipinski definition) is 1. The number of H-pyrrole nitrogens is 1. The minimum absolute atomic E-state index is 0.813. The van der Waals surface area contributed by atoms with Crippen LogP contribution in [0, 0.1) is 0 Å². The van der Waals surface area contributed by atoms with E-state index in [0.29, 0.717) is 0 Å². The topological polar surface area (TPSA) is 37.9 Å². The van der Waals surface area contributed by atoms with Gasteiger partial charge in [0.15, 0.2) is 0 Å². The van der Waals surface area contributed by atoms with E-state index in [1.165, 1.54) is 5.56 Å². The first-order valence-corrected chi connectivity index (χ1v) is 6.58. The summed E-state index contributed by atoms with van der Waals surface area (Å²) in [5.74, 6) is 0.876. The third kappa shape index (κ3) is 2.72. The van der Waals surface area contributed by atoms with Crippen molar-refractivity contribution in [3.05, 3.63) is 71.9 Å². The smallest absolute Gasteiger partial charge is 0.118 e. The Morgan fingerprint density at radius 3 is 2.45 bits per heavy atom. The minimum atomic E-state index is 0.813. The monoisotopic (exact) mass is 264 g/mol. The van der Waals surface area contributed by atoms with E-state index in [1.807, 2.05) is 30.3 Å². The molecule has 0 unspecified atom stereocenters. The molecule has 0 atom stereocenters. The van der Waals surface area contributed by atoms with Crippen molar-refractivity contribution in [1.29, 1.82) is 0 Å². The first kappa shape index (κ1) is 12.5. The SMILES string of the molecule is COc1ccc(Cc2cc(-c3ccccc3)[nH]n2)cc1. The van der Waals surface area contributed by atoms with Crippen molar-refractivity contribution in [1.82, 2.24) is 10.2 Å². The van der Waals surface area contributed by atoms with Gasteiger partial charge in [0.2, 0.25) is 0 Å². The summed E-state index contributed by atoms with van der Waals surface area (Å²) in [4.78, 5) is 0. The van der Waals surface area contributed by atoms with Crippen LogP contribution < -0.4 is 4.74 Å². The molecule has 0 aliphatic rings. The molecular weight excluding hydrogens is 248 g/mol. The Balaban J connectivity index is 1.77. The molecule has 100 valence electrons. The number of ether oxygens (including phenoxy) is 1. The van der Waals surface area contributed by atoms with E-state index in [1.54, 1.807) is 7.11 Å². The highest BCUT2D eigenvalue weighted by molar-refractivity contribution is 5.59. The van der Waals surface area contributed by atoms with Crippen molar-refractivity contribution in [3.8, 4) is 17.0 Å². The third-order valence-electron chi connectivity index (χ3n) is 3.26. The maximum Gasteiger partial charge on any atom is 0.118 e. The van der Waals surface area contributed by atoms with Crippen LogP contribution in [0.1, 0.15) is 11.3 Å². The fraction of sp³-hybridized carbons (Fsp3) is 0.118. The summed E-state index contributed by atoms with van der Waals surface area (Å²) >= 11 is 0. The molecule has 0 saturated carbocycles. The quantitative estimate of drug-likeness (QED) is 0.780. The predicted octanol–water partition coefficient (Wildman–Crippen LogP) is 3.68. The second-order valence-corrected chi connectivity index (χ2v) is 4.66. The molecule has 0 radical (unpaired) electrons. The summed E-state index contributed by atoms with van der Waals surface area (Å²) in [5.41, 5.74) is 4.46. The number of benzene rings is 2. The van der Waals surface area contributed by atoms with Gasteiger partial charge in [-0.05, 0) is 29.3 Å². The molecule has 3 rings (SSSR count). The van der Waals surface area contributed by atoms with Crippen molar-refractivity contribution in [2.45, 2.75) is 6.42 Å². The Morgan fingerprint density at radius 1 is 1.00 bits per heavy atom. The van der Waals surface area contributed by atoms with Crippen LogP contribution in [0.5, 0.6) is 5.75 Å². The number of nitrogens with one attached hydrogen (secondary N) is 1. The van der Waals surface area contributed by atoms with Gasteiger partial charge in [0.25, 0.3) is 0 Å². The molecular formula is C17H16N2O. The molecule has 0 amide bonds. The first-order valence-electron chi connectivity index (χ1n) is 6.58. The molecule has 1 aromatic heterocycles. The van der Waals surface area contributed by atoms with Crippen LogP contribution in [0.15, 0.2) is 60.7 Å². The van der Waals surface area contributed by atoms with Gasteiger partial charge in [-0.1, -0.05) is 42.5 Å². The number of hydrogen-bond acceptors (Lipinski definition) is 2. The molecule has 3 nitrogen and oxygen atoms in total. The van der Waals surface area contributed by atoms with Crippen molar-refractivity contribution in [2.75, 3.05) is 7.11 Å². The van der Waals surface area contributed by atoms with Gasteiger partial charge in [0, 0.05) is 6.42 Å². The number of aromatic nitrogens is 2. The van der Waals surface area contributed by atoms with E-state index in [2.05, 4.69) is 40.5 Å².